The molecule has 1 heterocycles. The minimum Gasteiger partial charge on any atom is -0.235 e. The first kappa shape index (κ1) is 9.97. The Labute approximate surface area is 88.0 Å². The predicted octanol–water partition coefficient (Wildman–Crippen LogP) is 0.564. The Kier molecular flexibility index (Phi) is 2.15. The second-order valence-corrected chi connectivity index (χ2v) is 5.27. The number of nitrogens with zero attached hydrogens (tertiary/aromatic N) is 3. The molecule has 0 aliphatic rings. The number of para-hydroxylation sites is 2. The van der Waals surface area contributed by atoms with Gasteiger partial charge in [0, 0.05) is 7.05 Å². The molecule has 0 saturated carbocycles. The summed E-state index contributed by atoms with van der Waals surface area (Å²) >= 11 is 0. The van der Waals surface area contributed by atoms with E-state index < -0.39 is 10.0 Å². The van der Waals surface area contributed by atoms with E-state index in [0.29, 0.717) is 0 Å². The highest BCUT2D eigenvalue weighted by molar-refractivity contribution is 7.91. The number of rotatable bonds is 2. The van der Waals surface area contributed by atoms with Gasteiger partial charge in [0.2, 0.25) is 10.0 Å². The zero-order valence-corrected chi connectivity index (χ0v) is 9.27. The average molecular weight is 225 g/mol. The van der Waals surface area contributed by atoms with Crippen molar-refractivity contribution in [2.45, 2.75) is 0 Å². The summed E-state index contributed by atoms with van der Waals surface area (Å²) in [7, 11) is -1.77. The van der Waals surface area contributed by atoms with Crippen molar-refractivity contribution < 1.29 is 8.42 Å². The number of imidazole rings is 1. The summed E-state index contributed by atoms with van der Waals surface area (Å²) in [5.74, 6) is 0. The maximum absolute atomic E-state index is 11.4. The van der Waals surface area contributed by atoms with Crippen molar-refractivity contribution in [3.8, 4) is 0 Å². The van der Waals surface area contributed by atoms with E-state index in [1.165, 1.54) is 18.1 Å². The van der Waals surface area contributed by atoms with Crippen molar-refractivity contribution in [1.29, 1.82) is 0 Å². The van der Waals surface area contributed by atoms with Gasteiger partial charge in [0.15, 0.2) is 0 Å². The first-order valence-corrected chi connectivity index (χ1v) is 6.21. The van der Waals surface area contributed by atoms with Gasteiger partial charge < -0.3 is 0 Å². The van der Waals surface area contributed by atoms with Gasteiger partial charge in [-0.3, -0.25) is 0 Å². The second kappa shape index (κ2) is 3.23. The fraction of sp³-hybridized carbons (Fsp3) is 0.222. The summed E-state index contributed by atoms with van der Waals surface area (Å²) in [6, 6.07) is 7.36. The van der Waals surface area contributed by atoms with E-state index in [0.717, 1.165) is 21.7 Å². The molecule has 0 spiro atoms. The molecule has 0 aliphatic heterocycles. The molecule has 80 valence electrons. The molecule has 0 unspecified atom stereocenters. The number of benzene rings is 1. The summed E-state index contributed by atoms with van der Waals surface area (Å²) in [6.07, 6.45) is 2.65. The smallest absolute Gasteiger partial charge is 0.235 e. The molecule has 1 aromatic carbocycles. The lowest BCUT2D eigenvalue weighted by atomic mass is 10.3. The third-order valence-electron chi connectivity index (χ3n) is 2.22. The zero-order valence-electron chi connectivity index (χ0n) is 8.45. The first-order valence-electron chi connectivity index (χ1n) is 4.36. The predicted molar refractivity (Wildman–Crippen MR) is 58.7 cm³/mol. The van der Waals surface area contributed by atoms with Crippen LogP contribution in [0.1, 0.15) is 0 Å². The van der Waals surface area contributed by atoms with Crippen molar-refractivity contribution in [1.82, 2.24) is 9.66 Å². The average Bonchev–Trinajstić information content (AvgIpc) is 2.58. The Morgan fingerprint density at radius 3 is 2.67 bits per heavy atom. The normalized spacial score (nSPS) is 11.9. The summed E-state index contributed by atoms with van der Waals surface area (Å²) in [4.78, 5) is 4.11. The largest absolute Gasteiger partial charge is 0.245 e. The quantitative estimate of drug-likeness (QED) is 0.750. The minimum absolute atomic E-state index is 0.769. The van der Waals surface area contributed by atoms with Gasteiger partial charge in [-0.2, -0.15) is 0 Å². The van der Waals surface area contributed by atoms with E-state index in [4.69, 9.17) is 0 Å². The summed E-state index contributed by atoms with van der Waals surface area (Å²) in [5.41, 5.74) is 1.54. The van der Waals surface area contributed by atoms with Crippen LogP contribution >= 0.6 is 0 Å². The number of sulfonamides is 1. The molecule has 0 saturated heterocycles. The van der Waals surface area contributed by atoms with Gasteiger partial charge in [-0.05, 0) is 12.1 Å². The highest BCUT2D eigenvalue weighted by atomic mass is 32.2. The van der Waals surface area contributed by atoms with Gasteiger partial charge in [0.05, 0.1) is 17.3 Å². The summed E-state index contributed by atoms with van der Waals surface area (Å²) in [5, 5.41) is 0. The minimum atomic E-state index is -3.26. The molecule has 0 radical (unpaired) electrons. The van der Waals surface area contributed by atoms with Gasteiger partial charge in [0.25, 0.3) is 0 Å². The molecular weight excluding hydrogens is 214 g/mol. The van der Waals surface area contributed by atoms with E-state index >= 15 is 0 Å². The number of fused-ring (bicyclic) bond motifs is 1. The Morgan fingerprint density at radius 2 is 2.00 bits per heavy atom. The Bertz CT molecular complexity index is 588. The Morgan fingerprint density at radius 1 is 1.33 bits per heavy atom. The summed E-state index contributed by atoms with van der Waals surface area (Å²) in [6.45, 7) is 0. The molecule has 0 aliphatic carbocycles. The second-order valence-electron chi connectivity index (χ2n) is 3.28. The molecule has 0 fully saturated rings. The van der Waals surface area contributed by atoms with E-state index in [2.05, 4.69) is 4.98 Å². The van der Waals surface area contributed by atoms with Crippen LogP contribution in [0.5, 0.6) is 0 Å². The van der Waals surface area contributed by atoms with Crippen molar-refractivity contribution in [2.75, 3.05) is 17.7 Å². The highest BCUT2D eigenvalue weighted by Crippen LogP contribution is 2.12. The Hall–Kier alpha value is -1.56. The van der Waals surface area contributed by atoms with E-state index in [1.807, 2.05) is 24.3 Å². The van der Waals surface area contributed by atoms with Crippen LogP contribution in [0.25, 0.3) is 11.0 Å². The molecule has 6 heteroatoms. The van der Waals surface area contributed by atoms with Crippen LogP contribution in [0.2, 0.25) is 0 Å². The van der Waals surface area contributed by atoms with E-state index in [1.54, 1.807) is 0 Å². The maximum atomic E-state index is 11.4. The maximum Gasteiger partial charge on any atom is 0.245 e. The molecule has 2 aromatic rings. The van der Waals surface area contributed by atoms with Crippen LogP contribution in [0.15, 0.2) is 30.6 Å². The van der Waals surface area contributed by atoms with Gasteiger partial charge in [-0.25, -0.2) is 22.5 Å². The van der Waals surface area contributed by atoms with Crippen molar-refractivity contribution in [2.24, 2.45) is 0 Å². The van der Waals surface area contributed by atoms with Gasteiger partial charge in [-0.15, -0.1) is 0 Å². The lowest BCUT2D eigenvalue weighted by Gasteiger charge is -2.17. The molecule has 0 N–H and O–H groups in total. The molecule has 0 amide bonds. The van der Waals surface area contributed by atoms with E-state index in [-0.39, 0.29) is 0 Å². The molecule has 15 heavy (non-hydrogen) atoms. The fourth-order valence-electron chi connectivity index (χ4n) is 1.33. The third-order valence-corrected chi connectivity index (χ3v) is 3.35. The molecule has 2 rings (SSSR count). The molecule has 5 nitrogen and oxygen atoms in total. The van der Waals surface area contributed by atoms with Crippen molar-refractivity contribution in [3.05, 3.63) is 30.6 Å². The molecule has 1 aromatic heterocycles. The third kappa shape index (κ3) is 1.68. The fourth-order valence-corrected chi connectivity index (χ4v) is 1.78. The van der Waals surface area contributed by atoms with Crippen LogP contribution in [-0.4, -0.2) is 31.4 Å². The summed E-state index contributed by atoms with van der Waals surface area (Å²) < 4.78 is 25.4. The molecule has 0 atom stereocenters. The van der Waals surface area contributed by atoms with Gasteiger partial charge >= 0.3 is 0 Å². The van der Waals surface area contributed by atoms with Crippen LogP contribution < -0.4 is 4.41 Å². The zero-order chi connectivity index (χ0) is 11.1. The van der Waals surface area contributed by atoms with E-state index in [9.17, 15) is 8.42 Å². The van der Waals surface area contributed by atoms with Crippen molar-refractivity contribution in [3.63, 3.8) is 0 Å². The van der Waals surface area contributed by atoms with Crippen LogP contribution in [0, 0.1) is 0 Å². The topological polar surface area (TPSA) is 55.2 Å². The van der Waals surface area contributed by atoms with Gasteiger partial charge in [-0.1, -0.05) is 12.1 Å². The highest BCUT2D eigenvalue weighted by Gasteiger charge is 2.13. The monoisotopic (exact) mass is 225 g/mol. The van der Waals surface area contributed by atoms with Gasteiger partial charge in [0.1, 0.15) is 6.33 Å². The van der Waals surface area contributed by atoms with Crippen LogP contribution in [0.3, 0.4) is 0 Å². The lowest BCUT2D eigenvalue weighted by Crippen LogP contribution is -2.34. The Balaban J connectivity index is 2.63. The SMILES string of the molecule is CN(n1cnc2ccccc21)S(C)(=O)=O. The lowest BCUT2D eigenvalue weighted by molar-refractivity contribution is 0.586. The number of hydrogen-bond acceptors (Lipinski definition) is 3. The molecule has 0 bridgehead atoms. The number of aromatic nitrogens is 2. The van der Waals surface area contributed by atoms with Crippen molar-refractivity contribution >= 4 is 21.1 Å². The number of hydrogen-bond donors (Lipinski definition) is 0. The standard InChI is InChI=1S/C9H11N3O2S/c1-11(15(2,13)14)12-7-10-8-5-3-4-6-9(8)12/h3-7H,1-2H3. The van der Waals surface area contributed by atoms with Crippen LogP contribution in [0.4, 0.5) is 0 Å². The van der Waals surface area contributed by atoms with Crippen LogP contribution in [-0.2, 0) is 10.0 Å². The first-order chi connectivity index (χ1) is 7.00. The molecular formula is C9H11N3O2S.